The minimum atomic E-state index is 0.175. The fourth-order valence-corrected chi connectivity index (χ4v) is 4.77. The van der Waals surface area contributed by atoms with Crippen molar-refractivity contribution in [3.8, 4) is 11.8 Å². The minimum absolute atomic E-state index is 0.175. The monoisotopic (exact) mass is 387 g/mol. The summed E-state index contributed by atoms with van der Waals surface area (Å²) in [5.41, 5.74) is 1.68. The van der Waals surface area contributed by atoms with E-state index in [1.807, 2.05) is 0 Å². The molecule has 1 aromatic carbocycles. The number of benzene rings is 1. The Hall–Kier alpha value is -3.07. The second kappa shape index (κ2) is 7.75. The summed E-state index contributed by atoms with van der Waals surface area (Å²) in [6, 6.07) is 11.4. The maximum absolute atomic E-state index is 9.27. The lowest BCUT2D eigenvalue weighted by atomic mass is 10.1. The first kappa shape index (κ1) is 18.0. The summed E-state index contributed by atoms with van der Waals surface area (Å²) in [5, 5.41) is 10.5. The molecule has 0 N–H and O–H groups in total. The van der Waals surface area contributed by atoms with Crippen molar-refractivity contribution in [3.05, 3.63) is 48.5 Å². The molecule has 2 aliphatic rings. The van der Waals surface area contributed by atoms with Gasteiger partial charge in [0.2, 0.25) is 0 Å². The molecular weight excluding hydrogens is 362 g/mol. The fraction of sp³-hybridized carbons (Fsp3) is 0.435. The van der Waals surface area contributed by atoms with E-state index in [2.05, 4.69) is 56.0 Å². The molecule has 0 radical (unpaired) electrons. The van der Waals surface area contributed by atoms with Gasteiger partial charge in [0.1, 0.15) is 17.9 Å². The largest absolute Gasteiger partial charge is 0.490 e. The molecule has 0 atom stereocenters. The van der Waals surface area contributed by atoms with E-state index in [9.17, 15) is 5.26 Å². The zero-order chi connectivity index (χ0) is 19.6. The van der Waals surface area contributed by atoms with Crippen LogP contribution in [-0.2, 0) is 0 Å². The van der Waals surface area contributed by atoms with Gasteiger partial charge in [-0.05, 0) is 31.0 Å². The van der Waals surface area contributed by atoms with Gasteiger partial charge in [0.05, 0.1) is 5.52 Å². The lowest BCUT2D eigenvalue weighted by Gasteiger charge is -2.33. The Bertz CT molecular complexity index is 1040. The van der Waals surface area contributed by atoms with Crippen LogP contribution in [0.15, 0.2) is 42.9 Å². The van der Waals surface area contributed by atoms with Gasteiger partial charge in [0.25, 0.3) is 0 Å². The van der Waals surface area contributed by atoms with Crippen molar-refractivity contribution in [1.82, 2.24) is 14.5 Å². The zero-order valence-electron chi connectivity index (χ0n) is 16.5. The van der Waals surface area contributed by atoms with Gasteiger partial charge in [-0.2, -0.15) is 5.26 Å². The smallest absolute Gasteiger partial charge is 0.183 e. The maximum atomic E-state index is 9.27. The number of rotatable bonds is 4. The fourth-order valence-electron chi connectivity index (χ4n) is 4.77. The average molecular weight is 387 g/mol. The van der Waals surface area contributed by atoms with Gasteiger partial charge in [-0.1, -0.05) is 18.9 Å². The molecule has 0 unspecified atom stereocenters. The van der Waals surface area contributed by atoms with Crippen LogP contribution < -0.4 is 9.64 Å². The Morgan fingerprint density at radius 3 is 2.59 bits per heavy atom. The predicted molar refractivity (Wildman–Crippen MR) is 112 cm³/mol. The first-order valence-corrected chi connectivity index (χ1v) is 10.6. The van der Waals surface area contributed by atoms with Crippen LogP contribution in [0.4, 0.5) is 5.82 Å². The van der Waals surface area contributed by atoms with E-state index in [0.29, 0.717) is 17.6 Å². The summed E-state index contributed by atoms with van der Waals surface area (Å²) < 4.78 is 8.88. The highest BCUT2D eigenvalue weighted by atomic mass is 16.5. The third-order valence-corrected chi connectivity index (χ3v) is 6.26. The third-order valence-electron chi connectivity index (χ3n) is 6.26. The summed E-state index contributed by atoms with van der Waals surface area (Å²) in [7, 11) is 0. The Kier molecular flexibility index (Phi) is 4.81. The number of ether oxygens (including phenoxy) is 1. The van der Waals surface area contributed by atoms with Crippen LogP contribution in [0.2, 0.25) is 0 Å². The van der Waals surface area contributed by atoms with E-state index in [-0.39, 0.29) is 6.10 Å². The topological polar surface area (TPSA) is 67.0 Å². The summed E-state index contributed by atoms with van der Waals surface area (Å²) >= 11 is 0. The van der Waals surface area contributed by atoms with Gasteiger partial charge < -0.3 is 14.2 Å². The second-order valence-corrected chi connectivity index (χ2v) is 7.99. The number of fused-ring (bicyclic) bond motifs is 1. The highest BCUT2D eigenvalue weighted by Gasteiger charge is 2.25. The molecule has 2 fully saturated rings. The van der Waals surface area contributed by atoms with Crippen molar-refractivity contribution < 1.29 is 4.74 Å². The zero-order valence-corrected chi connectivity index (χ0v) is 16.5. The molecule has 6 heteroatoms. The number of nitrogens with zero attached hydrogens (tertiary/aromatic N) is 5. The predicted octanol–water partition coefficient (Wildman–Crippen LogP) is 4.47. The molecule has 2 aromatic heterocycles. The Balaban J connectivity index is 1.29. The van der Waals surface area contributed by atoms with Crippen molar-refractivity contribution >= 4 is 16.7 Å². The van der Waals surface area contributed by atoms with Gasteiger partial charge in [0, 0.05) is 55.9 Å². The van der Waals surface area contributed by atoms with Gasteiger partial charge in [-0.25, -0.2) is 9.97 Å². The van der Waals surface area contributed by atoms with Crippen molar-refractivity contribution in [3.63, 3.8) is 0 Å². The number of aromatic nitrogens is 3. The molecule has 3 aromatic rings. The molecule has 0 bridgehead atoms. The highest BCUT2D eigenvalue weighted by molar-refractivity contribution is 5.86. The van der Waals surface area contributed by atoms with Crippen LogP contribution in [-0.4, -0.2) is 33.7 Å². The SMILES string of the molecule is N#Cc1nccnc1N1CCC(Oc2cccc3c2ccn3C2CCCC2)CC1. The number of hydrogen-bond acceptors (Lipinski definition) is 5. The number of hydrogen-bond donors (Lipinski definition) is 0. The molecule has 0 spiro atoms. The van der Waals surface area contributed by atoms with Crippen LogP contribution >= 0.6 is 0 Å². The van der Waals surface area contributed by atoms with E-state index in [0.717, 1.165) is 31.7 Å². The van der Waals surface area contributed by atoms with Crippen LogP contribution in [0.5, 0.6) is 5.75 Å². The van der Waals surface area contributed by atoms with Gasteiger partial charge in [-0.15, -0.1) is 0 Å². The summed E-state index contributed by atoms with van der Waals surface area (Å²) in [5.74, 6) is 1.67. The first-order chi connectivity index (χ1) is 14.3. The molecule has 6 nitrogen and oxygen atoms in total. The van der Waals surface area contributed by atoms with Crippen molar-refractivity contribution in [2.24, 2.45) is 0 Å². The summed E-state index contributed by atoms with van der Waals surface area (Å²) in [6.07, 6.45) is 12.6. The van der Waals surface area contributed by atoms with Gasteiger partial charge in [0.15, 0.2) is 11.5 Å². The maximum Gasteiger partial charge on any atom is 0.183 e. The standard InChI is InChI=1S/C23H25N5O/c24-16-20-23(26-12-11-25-20)27-13-8-18(9-14-27)29-22-7-3-6-21-19(22)10-15-28(21)17-4-1-2-5-17/h3,6-7,10-12,15,17-18H,1-2,4-5,8-9,13-14H2. The Morgan fingerprint density at radius 1 is 1.00 bits per heavy atom. The van der Waals surface area contributed by atoms with Crippen LogP contribution in [0.25, 0.3) is 10.9 Å². The summed E-state index contributed by atoms with van der Waals surface area (Å²) in [6.45, 7) is 1.63. The molecule has 1 aliphatic carbocycles. The number of nitriles is 1. The minimum Gasteiger partial charge on any atom is -0.490 e. The molecule has 29 heavy (non-hydrogen) atoms. The highest BCUT2D eigenvalue weighted by Crippen LogP contribution is 2.36. The molecule has 1 saturated carbocycles. The van der Waals surface area contributed by atoms with E-state index in [4.69, 9.17) is 4.74 Å². The average Bonchev–Trinajstić information content (AvgIpc) is 3.44. The molecule has 1 aliphatic heterocycles. The first-order valence-electron chi connectivity index (χ1n) is 10.6. The lowest BCUT2D eigenvalue weighted by Crippen LogP contribution is -2.39. The number of anilines is 1. The van der Waals surface area contributed by atoms with Crippen LogP contribution in [0.3, 0.4) is 0 Å². The number of piperidine rings is 1. The quantitative estimate of drug-likeness (QED) is 0.661. The van der Waals surface area contributed by atoms with E-state index >= 15 is 0 Å². The molecule has 0 amide bonds. The Morgan fingerprint density at radius 2 is 1.79 bits per heavy atom. The van der Waals surface area contributed by atoms with Crippen molar-refractivity contribution in [1.29, 1.82) is 5.26 Å². The van der Waals surface area contributed by atoms with E-state index in [1.165, 1.54) is 36.6 Å². The van der Waals surface area contributed by atoms with Gasteiger partial charge >= 0.3 is 0 Å². The van der Waals surface area contributed by atoms with E-state index in [1.54, 1.807) is 12.4 Å². The molecule has 1 saturated heterocycles. The molecular formula is C23H25N5O. The van der Waals surface area contributed by atoms with E-state index < -0.39 is 0 Å². The second-order valence-electron chi connectivity index (χ2n) is 7.99. The van der Waals surface area contributed by atoms with Crippen LogP contribution in [0.1, 0.15) is 50.3 Å². The van der Waals surface area contributed by atoms with Crippen molar-refractivity contribution in [2.75, 3.05) is 18.0 Å². The lowest BCUT2D eigenvalue weighted by molar-refractivity contribution is 0.173. The Labute approximate surface area is 170 Å². The van der Waals surface area contributed by atoms with Crippen molar-refractivity contribution in [2.45, 2.75) is 50.7 Å². The van der Waals surface area contributed by atoms with Gasteiger partial charge in [-0.3, -0.25) is 0 Å². The summed E-state index contributed by atoms with van der Waals surface area (Å²) in [4.78, 5) is 10.6. The molecule has 148 valence electrons. The molecule has 5 rings (SSSR count). The normalized spacial score (nSPS) is 18.2. The van der Waals surface area contributed by atoms with Crippen LogP contribution in [0, 0.1) is 11.3 Å². The molecule has 3 heterocycles. The third kappa shape index (κ3) is 3.42.